The summed E-state index contributed by atoms with van der Waals surface area (Å²) in [7, 11) is 0. The number of quaternary nitrogens is 1. The van der Waals surface area contributed by atoms with Gasteiger partial charge in [-0.25, -0.2) is 4.79 Å². The van der Waals surface area contributed by atoms with Crippen LogP contribution in [0.15, 0.2) is 0 Å². The maximum absolute atomic E-state index is 9.74. The van der Waals surface area contributed by atoms with E-state index < -0.39 is 24.1 Å². The number of hydrogen-bond acceptors (Lipinski definition) is 6. The second kappa shape index (κ2) is 10.8. The molecule has 0 aliphatic heterocycles. The Bertz CT molecular complexity index is 164. The number of carboxylic acid groups (broad SMARTS) is 2. The average molecular weight is 229 g/mol. The fourth-order valence-corrected chi connectivity index (χ4v) is 0.264. The Morgan fingerprint density at radius 3 is 1.67 bits per heavy atom. The Morgan fingerprint density at radius 2 is 1.60 bits per heavy atom. The van der Waals surface area contributed by atoms with Crippen LogP contribution in [0.4, 0.5) is 0 Å². The largest absolute Gasteiger partial charge is 0.547 e. The quantitative estimate of drug-likeness (QED) is 0.315. The topological polar surface area (TPSA) is 197 Å². The zero-order chi connectivity index (χ0) is 11.7. The second-order valence-electron chi connectivity index (χ2n) is 2.12. The summed E-state index contributed by atoms with van der Waals surface area (Å²) in [5.41, 5.74) is 3.35. The molecule has 0 saturated carbocycles. The molecule has 0 bridgehead atoms. The minimum atomic E-state index is -2.38. The summed E-state index contributed by atoms with van der Waals surface area (Å²) < 4.78 is 0. The van der Waals surface area contributed by atoms with Crippen LogP contribution in [0.2, 0.25) is 0 Å². The van der Waals surface area contributed by atoms with E-state index in [1.54, 1.807) is 0 Å². The number of carboxylic acids is 2. The van der Waals surface area contributed by atoms with Gasteiger partial charge in [-0.15, -0.1) is 0 Å². The van der Waals surface area contributed by atoms with E-state index in [1.165, 1.54) is 0 Å². The first-order chi connectivity index (χ1) is 6.38. The summed E-state index contributed by atoms with van der Waals surface area (Å²) in [6, 6.07) is 0. The number of carbonyl (C=O) groups is 2. The van der Waals surface area contributed by atoms with Crippen molar-refractivity contribution in [3.8, 4) is 0 Å². The fourth-order valence-electron chi connectivity index (χ4n) is 0.264. The standard InChI is InChI=1S/C4H6O6.C2H7NO.H2O/c5-1(3(7)8)2(6)4(9)10;3-1-2-4;/h1-2,5-6H,(H,7,8)(H,9,10);4H,1-3H2;1H2/t1-,2-;;/m0../s1. The van der Waals surface area contributed by atoms with Crippen molar-refractivity contribution in [1.29, 1.82) is 0 Å². The molecule has 0 aromatic heterocycles. The van der Waals surface area contributed by atoms with Crippen molar-refractivity contribution in [2.24, 2.45) is 0 Å². The van der Waals surface area contributed by atoms with Crippen LogP contribution in [-0.4, -0.2) is 63.2 Å². The van der Waals surface area contributed by atoms with Crippen LogP contribution in [0.1, 0.15) is 0 Å². The molecule has 0 amide bonds. The molecule has 9 nitrogen and oxygen atoms in total. The fraction of sp³-hybridized carbons (Fsp3) is 0.667. The molecule has 0 radical (unpaired) electrons. The smallest absolute Gasteiger partial charge is 0.335 e. The maximum atomic E-state index is 9.74. The van der Waals surface area contributed by atoms with E-state index in [9.17, 15) is 14.7 Å². The van der Waals surface area contributed by atoms with Gasteiger partial charge in [0.05, 0.1) is 19.1 Å². The maximum Gasteiger partial charge on any atom is 0.335 e. The van der Waals surface area contributed by atoms with Gasteiger partial charge in [-0.2, -0.15) is 0 Å². The molecule has 0 aromatic carbocycles. The Kier molecular flexibility index (Phi) is 13.9. The van der Waals surface area contributed by atoms with Crippen LogP contribution in [0.3, 0.4) is 0 Å². The molecule has 0 aliphatic rings. The first-order valence-corrected chi connectivity index (χ1v) is 3.58. The van der Waals surface area contributed by atoms with Crippen molar-refractivity contribution < 1.29 is 46.3 Å². The highest BCUT2D eigenvalue weighted by molar-refractivity contribution is 5.81. The van der Waals surface area contributed by atoms with Crippen LogP contribution in [0.25, 0.3) is 0 Å². The third-order valence-electron chi connectivity index (χ3n) is 0.952. The summed E-state index contributed by atoms with van der Waals surface area (Å²) in [4.78, 5) is 19.4. The lowest BCUT2D eigenvalue weighted by Gasteiger charge is -2.13. The molecule has 9 heteroatoms. The molecule has 2 atom stereocenters. The van der Waals surface area contributed by atoms with E-state index in [1.807, 2.05) is 0 Å². The Morgan fingerprint density at radius 1 is 1.27 bits per heavy atom. The predicted molar refractivity (Wildman–Crippen MR) is 43.1 cm³/mol. The van der Waals surface area contributed by atoms with Gasteiger partial charge in [-0.3, -0.25) is 0 Å². The zero-order valence-corrected chi connectivity index (χ0v) is 7.79. The minimum absolute atomic E-state index is 0. The van der Waals surface area contributed by atoms with Gasteiger partial charge in [0.25, 0.3) is 0 Å². The summed E-state index contributed by atoms with van der Waals surface area (Å²) in [6.45, 7) is 0.833. The molecule has 92 valence electrons. The molecular weight excluding hydrogens is 214 g/mol. The summed E-state index contributed by atoms with van der Waals surface area (Å²) in [5.74, 6) is -3.83. The molecule has 0 unspecified atom stereocenters. The molecule has 0 fully saturated rings. The monoisotopic (exact) mass is 229 g/mol. The summed E-state index contributed by atoms with van der Waals surface area (Å²) >= 11 is 0. The first kappa shape index (κ1) is 19.3. The van der Waals surface area contributed by atoms with Crippen LogP contribution < -0.4 is 10.8 Å². The Hall–Kier alpha value is -1.26. The average Bonchev–Trinajstić information content (AvgIpc) is 2.15. The van der Waals surface area contributed by atoms with Crippen molar-refractivity contribution in [3.05, 3.63) is 0 Å². The van der Waals surface area contributed by atoms with Gasteiger partial charge in [0.1, 0.15) is 6.10 Å². The van der Waals surface area contributed by atoms with E-state index in [0.29, 0.717) is 6.54 Å². The van der Waals surface area contributed by atoms with Gasteiger partial charge < -0.3 is 41.5 Å². The van der Waals surface area contributed by atoms with E-state index in [0.717, 1.165) is 0 Å². The molecule has 15 heavy (non-hydrogen) atoms. The number of hydrogen-bond donors (Lipinski definition) is 5. The Balaban J connectivity index is -0.000000249. The van der Waals surface area contributed by atoms with Crippen molar-refractivity contribution in [3.63, 3.8) is 0 Å². The number of carbonyl (C=O) groups excluding carboxylic acids is 1. The predicted octanol–water partition coefficient (Wildman–Crippen LogP) is -6.06. The molecule has 0 heterocycles. The van der Waals surface area contributed by atoms with E-state index in [4.69, 9.17) is 20.4 Å². The van der Waals surface area contributed by atoms with Gasteiger partial charge in [0.15, 0.2) is 6.10 Å². The van der Waals surface area contributed by atoms with Crippen LogP contribution in [0.5, 0.6) is 0 Å². The van der Waals surface area contributed by atoms with Crippen molar-refractivity contribution in [1.82, 2.24) is 0 Å². The van der Waals surface area contributed by atoms with Crippen LogP contribution in [0, 0.1) is 0 Å². The zero-order valence-electron chi connectivity index (χ0n) is 7.79. The lowest BCUT2D eigenvalue weighted by Crippen LogP contribution is -2.51. The lowest BCUT2D eigenvalue weighted by molar-refractivity contribution is -0.372. The van der Waals surface area contributed by atoms with Gasteiger partial charge >= 0.3 is 5.97 Å². The number of rotatable bonds is 4. The molecule has 0 saturated heterocycles. The van der Waals surface area contributed by atoms with Crippen molar-refractivity contribution >= 4 is 11.9 Å². The highest BCUT2D eigenvalue weighted by Crippen LogP contribution is 1.90. The third kappa shape index (κ3) is 10.7. The van der Waals surface area contributed by atoms with Crippen molar-refractivity contribution in [2.75, 3.05) is 13.2 Å². The summed E-state index contributed by atoms with van der Waals surface area (Å²) in [6.07, 6.45) is -4.71. The second-order valence-corrected chi connectivity index (χ2v) is 2.12. The highest BCUT2D eigenvalue weighted by Gasteiger charge is 2.23. The minimum Gasteiger partial charge on any atom is -0.547 e. The van der Waals surface area contributed by atoms with E-state index >= 15 is 0 Å². The molecule has 0 rings (SSSR count). The molecule has 0 aliphatic carbocycles. The van der Waals surface area contributed by atoms with Crippen LogP contribution in [-0.2, 0) is 9.59 Å². The number of aliphatic hydroxyl groups is 3. The normalized spacial score (nSPS) is 12.5. The van der Waals surface area contributed by atoms with Gasteiger partial charge in [0, 0.05) is 0 Å². The molecule has 0 aromatic rings. The van der Waals surface area contributed by atoms with Gasteiger partial charge in [-0.05, 0) is 0 Å². The molecule has 0 spiro atoms. The summed E-state index contributed by atoms with van der Waals surface area (Å²) in [5, 5.41) is 41.9. The molecular formula is C6H15NO8. The lowest BCUT2D eigenvalue weighted by atomic mass is 10.2. The van der Waals surface area contributed by atoms with E-state index in [-0.39, 0.29) is 12.1 Å². The molecule has 9 N–H and O–H groups in total. The third-order valence-corrected chi connectivity index (χ3v) is 0.952. The Labute approximate surface area is 84.7 Å². The van der Waals surface area contributed by atoms with Crippen LogP contribution >= 0.6 is 0 Å². The van der Waals surface area contributed by atoms with Crippen molar-refractivity contribution in [2.45, 2.75) is 12.2 Å². The SMILES string of the molecule is O.O=C([O-])[C@@H](O)[C@H](O)C(=O)O.[NH3+]CCO. The first-order valence-electron chi connectivity index (χ1n) is 3.58. The van der Waals surface area contributed by atoms with Gasteiger partial charge in [-0.1, -0.05) is 0 Å². The number of aliphatic hydroxyl groups excluding tert-OH is 3. The van der Waals surface area contributed by atoms with E-state index in [2.05, 4.69) is 5.73 Å². The highest BCUT2D eigenvalue weighted by atomic mass is 16.4. The van der Waals surface area contributed by atoms with Gasteiger partial charge in [0.2, 0.25) is 0 Å². The number of aliphatic carboxylic acids is 2.